The summed E-state index contributed by atoms with van der Waals surface area (Å²) in [4.78, 5) is 7.62. The SMILES string of the molecule is CCCN(CCC)c1c(C)nc(-c2c(C)ccc(N)c2C)c2ccccc12. The Balaban J connectivity index is 2.34. The number of anilines is 2. The van der Waals surface area contributed by atoms with Crippen molar-refractivity contribution < 1.29 is 0 Å². The number of nitrogens with zero attached hydrogens (tertiary/aromatic N) is 2. The maximum atomic E-state index is 6.23. The van der Waals surface area contributed by atoms with Crippen LogP contribution in [0.1, 0.15) is 43.5 Å². The average Bonchev–Trinajstić information content (AvgIpc) is 2.65. The highest BCUT2D eigenvalue weighted by Crippen LogP contribution is 2.39. The molecule has 0 aliphatic rings. The normalized spacial score (nSPS) is 11.1. The van der Waals surface area contributed by atoms with Crippen LogP contribution in [0.15, 0.2) is 36.4 Å². The molecular weight excluding hydrogens is 330 g/mol. The molecule has 1 aromatic heterocycles. The van der Waals surface area contributed by atoms with Crippen LogP contribution in [0.5, 0.6) is 0 Å². The van der Waals surface area contributed by atoms with E-state index in [4.69, 9.17) is 10.7 Å². The predicted molar refractivity (Wildman–Crippen MR) is 119 cm³/mol. The number of nitrogen functional groups attached to an aromatic ring is 1. The van der Waals surface area contributed by atoms with Crippen LogP contribution < -0.4 is 10.6 Å². The molecular formula is C24H31N3. The maximum Gasteiger partial charge on any atom is 0.0791 e. The smallest absolute Gasteiger partial charge is 0.0791 e. The molecule has 2 N–H and O–H groups in total. The Kier molecular flexibility index (Phi) is 5.69. The van der Waals surface area contributed by atoms with Crippen molar-refractivity contribution in [3.8, 4) is 11.3 Å². The molecule has 1 heterocycles. The standard InChI is InChI=1S/C24H31N3/c1-6-14-27(15-7-2)24-18(5)26-23(19-10-8-9-11-20(19)24)22-16(3)12-13-21(25)17(22)4/h8-13H,6-7,14-15,25H2,1-5H3. The van der Waals surface area contributed by atoms with Crippen molar-refractivity contribution in [1.82, 2.24) is 4.98 Å². The van der Waals surface area contributed by atoms with Crippen LogP contribution in [-0.4, -0.2) is 18.1 Å². The second-order valence-corrected chi connectivity index (χ2v) is 7.40. The highest BCUT2D eigenvalue weighted by atomic mass is 15.1. The zero-order valence-corrected chi connectivity index (χ0v) is 17.3. The van der Waals surface area contributed by atoms with Crippen LogP contribution in [0.25, 0.3) is 22.0 Å². The van der Waals surface area contributed by atoms with Crippen molar-refractivity contribution in [3.05, 3.63) is 53.2 Å². The molecule has 3 nitrogen and oxygen atoms in total. The minimum Gasteiger partial charge on any atom is -0.398 e. The molecule has 0 atom stereocenters. The molecule has 142 valence electrons. The Labute approximate surface area is 163 Å². The van der Waals surface area contributed by atoms with Gasteiger partial charge in [-0.05, 0) is 50.8 Å². The van der Waals surface area contributed by atoms with E-state index in [-0.39, 0.29) is 0 Å². The highest BCUT2D eigenvalue weighted by Gasteiger charge is 2.19. The number of fused-ring (bicyclic) bond motifs is 1. The molecule has 0 fully saturated rings. The lowest BCUT2D eigenvalue weighted by Crippen LogP contribution is -2.26. The zero-order valence-electron chi connectivity index (χ0n) is 17.3. The van der Waals surface area contributed by atoms with Gasteiger partial charge in [0.05, 0.1) is 17.1 Å². The lowest BCUT2D eigenvalue weighted by atomic mass is 9.93. The van der Waals surface area contributed by atoms with Gasteiger partial charge >= 0.3 is 0 Å². The quantitative estimate of drug-likeness (QED) is 0.545. The second kappa shape index (κ2) is 7.99. The summed E-state index contributed by atoms with van der Waals surface area (Å²) in [5.74, 6) is 0. The van der Waals surface area contributed by atoms with Crippen molar-refractivity contribution in [1.29, 1.82) is 0 Å². The van der Waals surface area contributed by atoms with E-state index in [0.717, 1.165) is 48.6 Å². The third kappa shape index (κ3) is 3.51. The first-order valence-corrected chi connectivity index (χ1v) is 9.99. The van der Waals surface area contributed by atoms with Crippen LogP contribution in [0, 0.1) is 20.8 Å². The van der Waals surface area contributed by atoms with Gasteiger partial charge in [0.1, 0.15) is 0 Å². The summed E-state index contributed by atoms with van der Waals surface area (Å²) in [6, 6.07) is 12.7. The van der Waals surface area contributed by atoms with Crippen LogP contribution in [-0.2, 0) is 0 Å². The topological polar surface area (TPSA) is 42.2 Å². The van der Waals surface area contributed by atoms with E-state index in [1.807, 2.05) is 6.07 Å². The lowest BCUT2D eigenvalue weighted by molar-refractivity contribution is 0.743. The molecule has 0 amide bonds. The molecule has 0 spiro atoms. The van der Waals surface area contributed by atoms with E-state index in [1.165, 1.54) is 27.6 Å². The summed E-state index contributed by atoms with van der Waals surface area (Å²) in [6.45, 7) is 13.0. The van der Waals surface area contributed by atoms with Crippen LogP contribution in [0.2, 0.25) is 0 Å². The first-order valence-electron chi connectivity index (χ1n) is 9.99. The van der Waals surface area contributed by atoms with E-state index in [1.54, 1.807) is 0 Å². The third-order valence-electron chi connectivity index (χ3n) is 5.31. The van der Waals surface area contributed by atoms with Crippen LogP contribution >= 0.6 is 0 Å². The molecule has 0 bridgehead atoms. The Morgan fingerprint density at radius 2 is 1.52 bits per heavy atom. The number of benzene rings is 2. The minimum atomic E-state index is 0.821. The van der Waals surface area contributed by atoms with Crippen LogP contribution in [0.4, 0.5) is 11.4 Å². The Hall–Kier alpha value is -2.55. The monoisotopic (exact) mass is 361 g/mol. The first-order chi connectivity index (χ1) is 13.0. The number of pyridine rings is 1. The number of aromatic nitrogens is 1. The predicted octanol–water partition coefficient (Wildman–Crippen LogP) is 6.04. The van der Waals surface area contributed by atoms with Crippen LogP contribution in [0.3, 0.4) is 0 Å². The van der Waals surface area contributed by atoms with E-state index in [9.17, 15) is 0 Å². The molecule has 3 aromatic rings. The molecule has 0 radical (unpaired) electrons. The van der Waals surface area contributed by atoms with Crippen molar-refractivity contribution in [2.75, 3.05) is 23.7 Å². The van der Waals surface area contributed by atoms with Gasteiger partial charge in [-0.1, -0.05) is 44.2 Å². The summed E-state index contributed by atoms with van der Waals surface area (Å²) >= 11 is 0. The number of aryl methyl sites for hydroxylation is 2. The van der Waals surface area contributed by atoms with Crippen molar-refractivity contribution in [3.63, 3.8) is 0 Å². The highest BCUT2D eigenvalue weighted by molar-refractivity contribution is 6.04. The molecule has 3 heteroatoms. The van der Waals surface area contributed by atoms with E-state index >= 15 is 0 Å². The van der Waals surface area contributed by atoms with Gasteiger partial charge in [-0.2, -0.15) is 0 Å². The van der Waals surface area contributed by atoms with Gasteiger partial charge in [-0.25, -0.2) is 0 Å². The molecule has 0 unspecified atom stereocenters. The molecule has 27 heavy (non-hydrogen) atoms. The minimum absolute atomic E-state index is 0.821. The Morgan fingerprint density at radius 3 is 2.15 bits per heavy atom. The lowest BCUT2D eigenvalue weighted by Gasteiger charge is -2.28. The van der Waals surface area contributed by atoms with E-state index in [2.05, 4.69) is 69.9 Å². The average molecular weight is 362 g/mol. The third-order valence-corrected chi connectivity index (χ3v) is 5.31. The van der Waals surface area contributed by atoms with Gasteiger partial charge in [0.15, 0.2) is 0 Å². The number of nitrogens with two attached hydrogens (primary N) is 1. The van der Waals surface area contributed by atoms with Gasteiger partial charge in [-0.3, -0.25) is 4.98 Å². The molecule has 0 saturated carbocycles. The molecule has 2 aromatic carbocycles. The van der Waals surface area contributed by atoms with Crippen molar-refractivity contribution in [2.24, 2.45) is 0 Å². The second-order valence-electron chi connectivity index (χ2n) is 7.40. The first kappa shape index (κ1) is 19.2. The van der Waals surface area contributed by atoms with Crippen molar-refractivity contribution in [2.45, 2.75) is 47.5 Å². The van der Waals surface area contributed by atoms with E-state index in [0.29, 0.717) is 0 Å². The van der Waals surface area contributed by atoms with Gasteiger partial charge in [-0.15, -0.1) is 0 Å². The maximum absolute atomic E-state index is 6.23. The fourth-order valence-corrected chi connectivity index (χ4v) is 4.06. The molecule has 0 aliphatic heterocycles. The molecule has 0 aliphatic carbocycles. The van der Waals surface area contributed by atoms with E-state index < -0.39 is 0 Å². The van der Waals surface area contributed by atoms with Gasteiger partial charge in [0.25, 0.3) is 0 Å². The Morgan fingerprint density at radius 1 is 0.889 bits per heavy atom. The van der Waals surface area contributed by atoms with Crippen molar-refractivity contribution >= 4 is 22.1 Å². The van der Waals surface area contributed by atoms with Gasteiger partial charge < -0.3 is 10.6 Å². The number of rotatable bonds is 6. The summed E-state index contributed by atoms with van der Waals surface area (Å²) in [5, 5.41) is 2.48. The zero-order chi connectivity index (χ0) is 19.6. The summed E-state index contributed by atoms with van der Waals surface area (Å²) in [7, 11) is 0. The van der Waals surface area contributed by atoms with Gasteiger partial charge in [0, 0.05) is 35.1 Å². The summed E-state index contributed by atoms with van der Waals surface area (Å²) in [5.41, 5.74) is 13.9. The number of hydrogen-bond donors (Lipinski definition) is 1. The fourth-order valence-electron chi connectivity index (χ4n) is 4.06. The number of hydrogen-bond acceptors (Lipinski definition) is 3. The molecule has 0 saturated heterocycles. The Bertz CT molecular complexity index is 953. The van der Waals surface area contributed by atoms with Gasteiger partial charge in [0.2, 0.25) is 0 Å². The fraction of sp³-hybridized carbons (Fsp3) is 0.375. The summed E-state index contributed by atoms with van der Waals surface area (Å²) < 4.78 is 0. The molecule has 3 rings (SSSR count). The summed E-state index contributed by atoms with van der Waals surface area (Å²) in [6.07, 6.45) is 2.26. The largest absolute Gasteiger partial charge is 0.398 e.